The van der Waals surface area contributed by atoms with E-state index >= 15 is 0 Å². The zero-order valence-electron chi connectivity index (χ0n) is 15.8. The van der Waals surface area contributed by atoms with Gasteiger partial charge in [0, 0.05) is 18.4 Å². The van der Waals surface area contributed by atoms with Gasteiger partial charge in [0.15, 0.2) is 0 Å². The Hall–Kier alpha value is -3.62. The molecule has 3 rings (SSSR count). The van der Waals surface area contributed by atoms with Gasteiger partial charge < -0.3 is 15.4 Å². The quantitative estimate of drug-likeness (QED) is 0.545. The highest BCUT2D eigenvalue weighted by Crippen LogP contribution is 2.30. The van der Waals surface area contributed by atoms with Crippen molar-refractivity contribution in [3.8, 4) is 5.75 Å². The van der Waals surface area contributed by atoms with Crippen LogP contribution in [0, 0.1) is 5.82 Å². The summed E-state index contributed by atoms with van der Waals surface area (Å²) in [6.45, 7) is 0.265. The summed E-state index contributed by atoms with van der Waals surface area (Å²) in [4.78, 5) is 17.0. The van der Waals surface area contributed by atoms with Crippen LogP contribution in [0.25, 0.3) is 0 Å². The number of anilines is 2. The van der Waals surface area contributed by atoms with E-state index in [0.29, 0.717) is 0 Å². The molecule has 156 valence electrons. The maximum Gasteiger partial charge on any atom is 0.416 e. The van der Waals surface area contributed by atoms with Gasteiger partial charge in [-0.25, -0.2) is 9.37 Å². The van der Waals surface area contributed by atoms with Crippen LogP contribution in [0.1, 0.15) is 21.5 Å². The van der Waals surface area contributed by atoms with Crippen molar-refractivity contribution in [3.63, 3.8) is 0 Å². The molecule has 1 heterocycles. The second-order valence-corrected chi connectivity index (χ2v) is 6.25. The highest BCUT2D eigenvalue weighted by Gasteiger charge is 2.30. The van der Waals surface area contributed by atoms with Crippen molar-refractivity contribution in [1.29, 1.82) is 0 Å². The Morgan fingerprint density at radius 2 is 1.70 bits per heavy atom. The molecule has 0 saturated carbocycles. The van der Waals surface area contributed by atoms with E-state index in [2.05, 4.69) is 15.6 Å². The SMILES string of the molecule is COc1ccnc(NCc2ccc(F)cc2)c1C(=O)Nc1ccc(C(F)(F)F)cc1. The minimum atomic E-state index is -4.47. The van der Waals surface area contributed by atoms with E-state index in [1.54, 1.807) is 12.1 Å². The van der Waals surface area contributed by atoms with E-state index in [4.69, 9.17) is 4.74 Å². The third-order valence-electron chi connectivity index (χ3n) is 4.20. The van der Waals surface area contributed by atoms with Gasteiger partial charge in [0.1, 0.15) is 22.9 Å². The Morgan fingerprint density at radius 1 is 1.03 bits per heavy atom. The molecular weight excluding hydrogens is 402 g/mol. The summed E-state index contributed by atoms with van der Waals surface area (Å²) in [5.41, 5.74) is 0.210. The summed E-state index contributed by atoms with van der Waals surface area (Å²) in [6, 6.07) is 11.4. The highest BCUT2D eigenvalue weighted by molar-refractivity contribution is 6.09. The normalized spacial score (nSPS) is 11.1. The first kappa shape index (κ1) is 21.1. The van der Waals surface area contributed by atoms with E-state index in [9.17, 15) is 22.4 Å². The molecule has 0 fully saturated rings. The van der Waals surface area contributed by atoms with Gasteiger partial charge >= 0.3 is 6.18 Å². The zero-order valence-corrected chi connectivity index (χ0v) is 15.8. The molecular formula is C21H17F4N3O2. The van der Waals surface area contributed by atoms with Gasteiger partial charge in [0.2, 0.25) is 0 Å². The van der Waals surface area contributed by atoms with E-state index < -0.39 is 17.6 Å². The number of benzene rings is 2. The first-order valence-corrected chi connectivity index (χ1v) is 8.78. The van der Waals surface area contributed by atoms with Crippen molar-refractivity contribution in [2.24, 2.45) is 0 Å². The number of alkyl halides is 3. The lowest BCUT2D eigenvalue weighted by atomic mass is 10.1. The standard InChI is InChI=1S/C21H17F4N3O2/c1-30-17-10-11-26-19(27-12-13-2-6-15(22)7-3-13)18(17)20(29)28-16-8-4-14(5-9-16)21(23,24)25/h2-11H,12H2,1H3,(H,26,27)(H,28,29). The maximum atomic E-state index is 13.1. The molecule has 30 heavy (non-hydrogen) atoms. The van der Waals surface area contributed by atoms with Crippen LogP contribution in [-0.4, -0.2) is 18.0 Å². The van der Waals surface area contributed by atoms with Crippen molar-refractivity contribution < 1.29 is 27.1 Å². The van der Waals surface area contributed by atoms with E-state index in [1.807, 2.05) is 0 Å². The summed E-state index contributed by atoms with van der Waals surface area (Å²) in [7, 11) is 1.38. The number of hydrogen-bond donors (Lipinski definition) is 2. The Morgan fingerprint density at radius 3 is 2.30 bits per heavy atom. The summed E-state index contributed by atoms with van der Waals surface area (Å²) >= 11 is 0. The zero-order chi connectivity index (χ0) is 21.7. The number of nitrogens with zero attached hydrogens (tertiary/aromatic N) is 1. The molecule has 2 aromatic carbocycles. The number of hydrogen-bond acceptors (Lipinski definition) is 4. The molecule has 0 bridgehead atoms. The van der Waals surface area contributed by atoms with Gasteiger partial charge in [-0.3, -0.25) is 4.79 Å². The lowest BCUT2D eigenvalue weighted by Crippen LogP contribution is -2.17. The number of methoxy groups -OCH3 is 1. The number of halogens is 4. The molecule has 0 atom stereocenters. The fraction of sp³-hybridized carbons (Fsp3) is 0.143. The molecule has 0 unspecified atom stereocenters. The summed E-state index contributed by atoms with van der Waals surface area (Å²) in [5.74, 6) is -0.532. The third kappa shape index (κ3) is 5.05. The Kier molecular flexibility index (Phi) is 6.20. The Balaban J connectivity index is 1.81. The van der Waals surface area contributed by atoms with Crippen molar-refractivity contribution >= 4 is 17.4 Å². The van der Waals surface area contributed by atoms with Gasteiger partial charge in [0.05, 0.1) is 12.7 Å². The Bertz CT molecular complexity index is 1020. The third-order valence-corrected chi connectivity index (χ3v) is 4.20. The first-order valence-electron chi connectivity index (χ1n) is 8.78. The number of aromatic nitrogens is 1. The molecule has 9 heteroatoms. The predicted octanol–water partition coefficient (Wildman–Crippen LogP) is 5.11. The number of amides is 1. The minimum absolute atomic E-state index is 0.0852. The topological polar surface area (TPSA) is 63.2 Å². The van der Waals surface area contributed by atoms with E-state index in [0.717, 1.165) is 29.8 Å². The summed E-state index contributed by atoms with van der Waals surface area (Å²) in [6.07, 6.45) is -3.02. The number of ether oxygens (including phenoxy) is 1. The monoisotopic (exact) mass is 419 g/mol. The van der Waals surface area contributed by atoms with Gasteiger partial charge in [-0.2, -0.15) is 13.2 Å². The average molecular weight is 419 g/mol. The van der Waals surface area contributed by atoms with Crippen LogP contribution >= 0.6 is 0 Å². The molecule has 3 aromatic rings. The van der Waals surface area contributed by atoms with Crippen LogP contribution in [0.15, 0.2) is 60.8 Å². The number of pyridine rings is 1. The number of rotatable bonds is 6. The second-order valence-electron chi connectivity index (χ2n) is 6.25. The molecule has 1 aromatic heterocycles. The van der Waals surface area contributed by atoms with Gasteiger partial charge in [-0.15, -0.1) is 0 Å². The molecule has 0 aliphatic carbocycles. The van der Waals surface area contributed by atoms with Gasteiger partial charge in [0.25, 0.3) is 5.91 Å². The van der Waals surface area contributed by atoms with Crippen molar-refractivity contribution in [1.82, 2.24) is 4.98 Å². The van der Waals surface area contributed by atoms with E-state index in [-0.39, 0.29) is 35.2 Å². The Labute approximate surface area is 169 Å². The van der Waals surface area contributed by atoms with Crippen LogP contribution in [0.3, 0.4) is 0 Å². The fourth-order valence-electron chi connectivity index (χ4n) is 2.69. The first-order chi connectivity index (χ1) is 14.3. The van der Waals surface area contributed by atoms with Crippen LogP contribution in [0.4, 0.5) is 29.1 Å². The molecule has 5 nitrogen and oxygen atoms in total. The molecule has 0 aliphatic rings. The van der Waals surface area contributed by atoms with Crippen LogP contribution < -0.4 is 15.4 Å². The second kappa shape index (κ2) is 8.81. The van der Waals surface area contributed by atoms with E-state index in [1.165, 1.54) is 31.5 Å². The summed E-state index contributed by atoms with van der Waals surface area (Å²) < 4.78 is 56.4. The lowest BCUT2D eigenvalue weighted by molar-refractivity contribution is -0.137. The van der Waals surface area contributed by atoms with Crippen molar-refractivity contribution in [3.05, 3.63) is 83.3 Å². The minimum Gasteiger partial charge on any atom is -0.496 e. The lowest BCUT2D eigenvalue weighted by Gasteiger charge is -2.15. The molecule has 1 amide bonds. The molecule has 0 aliphatic heterocycles. The summed E-state index contributed by atoms with van der Waals surface area (Å²) in [5, 5.41) is 5.54. The number of carbonyl (C=O) groups is 1. The van der Waals surface area contributed by atoms with Crippen LogP contribution in [0.5, 0.6) is 5.75 Å². The van der Waals surface area contributed by atoms with Gasteiger partial charge in [-0.1, -0.05) is 12.1 Å². The smallest absolute Gasteiger partial charge is 0.416 e. The fourth-order valence-corrected chi connectivity index (χ4v) is 2.69. The largest absolute Gasteiger partial charge is 0.496 e. The highest BCUT2D eigenvalue weighted by atomic mass is 19.4. The number of nitrogens with one attached hydrogen (secondary N) is 2. The maximum absolute atomic E-state index is 13.1. The number of carbonyl (C=O) groups excluding carboxylic acids is 1. The molecule has 0 radical (unpaired) electrons. The average Bonchev–Trinajstić information content (AvgIpc) is 2.72. The molecule has 0 saturated heterocycles. The van der Waals surface area contributed by atoms with Crippen LogP contribution in [0.2, 0.25) is 0 Å². The van der Waals surface area contributed by atoms with Crippen molar-refractivity contribution in [2.45, 2.75) is 12.7 Å². The van der Waals surface area contributed by atoms with Gasteiger partial charge in [-0.05, 0) is 48.0 Å². The van der Waals surface area contributed by atoms with Crippen molar-refractivity contribution in [2.75, 3.05) is 17.7 Å². The molecule has 0 spiro atoms. The van der Waals surface area contributed by atoms with Crippen LogP contribution in [-0.2, 0) is 12.7 Å². The molecule has 2 N–H and O–H groups in total. The predicted molar refractivity (Wildman–Crippen MR) is 104 cm³/mol.